The predicted octanol–water partition coefficient (Wildman–Crippen LogP) is 4.58. The highest BCUT2D eigenvalue weighted by molar-refractivity contribution is 9.10. The van der Waals surface area contributed by atoms with E-state index in [1.807, 2.05) is 17.8 Å². The van der Waals surface area contributed by atoms with Gasteiger partial charge in [-0.2, -0.15) is 0 Å². The number of likely N-dealkylation sites (N-methyl/N-ethyl adjacent to an activating group) is 1. The number of ether oxygens (including phenoxy) is 1. The number of rotatable bonds is 5. The molecule has 2 aromatic rings. The fourth-order valence-electron chi connectivity index (χ4n) is 2.51. The van der Waals surface area contributed by atoms with Crippen LogP contribution in [0.15, 0.2) is 45.1 Å². The Hall–Kier alpha value is -0.490. The molecule has 0 bridgehead atoms. The normalized spacial score (nSPS) is 18.9. The second-order valence-corrected chi connectivity index (χ2v) is 7.99. The van der Waals surface area contributed by atoms with Crippen molar-refractivity contribution < 1.29 is 4.74 Å². The van der Waals surface area contributed by atoms with Crippen LogP contribution in [0.25, 0.3) is 0 Å². The maximum absolute atomic E-state index is 6.24. The Kier molecular flexibility index (Phi) is 5.27. The van der Waals surface area contributed by atoms with E-state index in [0.29, 0.717) is 6.04 Å². The summed E-state index contributed by atoms with van der Waals surface area (Å²) in [5.74, 6) is 2.02. The van der Waals surface area contributed by atoms with Crippen LogP contribution in [0.4, 0.5) is 0 Å². The SMILES string of the molecule is CCNC(Cc1cc(Br)cs1)C1CSc2ccccc2O1. The molecule has 0 amide bonds. The molecular formula is C16H18BrNOS2. The Labute approximate surface area is 142 Å². The van der Waals surface area contributed by atoms with E-state index in [1.54, 1.807) is 11.3 Å². The average molecular weight is 384 g/mol. The van der Waals surface area contributed by atoms with E-state index >= 15 is 0 Å². The number of thioether (sulfide) groups is 1. The Bertz CT molecular complexity index is 601. The first-order chi connectivity index (χ1) is 10.3. The fourth-order valence-corrected chi connectivity index (χ4v) is 5.10. The molecule has 2 nitrogen and oxygen atoms in total. The summed E-state index contributed by atoms with van der Waals surface area (Å²) in [6.07, 6.45) is 1.23. The molecular weight excluding hydrogens is 366 g/mol. The van der Waals surface area contributed by atoms with Crippen LogP contribution in [0.5, 0.6) is 5.75 Å². The second kappa shape index (κ2) is 7.18. The molecule has 5 heteroatoms. The van der Waals surface area contributed by atoms with Crippen LogP contribution < -0.4 is 10.1 Å². The van der Waals surface area contributed by atoms with E-state index < -0.39 is 0 Å². The number of benzene rings is 1. The summed E-state index contributed by atoms with van der Waals surface area (Å²) in [7, 11) is 0. The number of hydrogen-bond acceptors (Lipinski definition) is 4. The van der Waals surface area contributed by atoms with Gasteiger partial charge < -0.3 is 10.1 Å². The molecule has 1 aromatic heterocycles. The number of halogens is 1. The van der Waals surface area contributed by atoms with Crippen LogP contribution in [0.2, 0.25) is 0 Å². The van der Waals surface area contributed by atoms with Crippen molar-refractivity contribution in [1.82, 2.24) is 5.32 Å². The van der Waals surface area contributed by atoms with E-state index in [-0.39, 0.29) is 6.10 Å². The number of thiophene rings is 1. The molecule has 21 heavy (non-hydrogen) atoms. The maximum Gasteiger partial charge on any atom is 0.133 e. The van der Waals surface area contributed by atoms with E-state index in [0.717, 1.165) is 24.5 Å². The van der Waals surface area contributed by atoms with Gasteiger partial charge in [0, 0.05) is 37.8 Å². The third-order valence-corrected chi connectivity index (χ3v) is 6.35. The van der Waals surface area contributed by atoms with E-state index in [2.05, 4.69) is 57.8 Å². The Morgan fingerprint density at radius 3 is 3.05 bits per heavy atom. The topological polar surface area (TPSA) is 21.3 Å². The van der Waals surface area contributed by atoms with Crippen LogP contribution >= 0.6 is 39.0 Å². The molecule has 2 heterocycles. The van der Waals surface area contributed by atoms with Crippen molar-refractivity contribution in [2.45, 2.75) is 30.4 Å². The van der Waals surface area contributed by atoms with Gasteiger partial charge in [0.05, 0.1) is 0 Å². The molecule has 2 unspecified atom stereocenters. The van der Waals surface area contributed by atoms with E-state index in [9.17, 15) is 0 Å². The number of para-hydroxylation sites is 1. The van der Waals surface area contributed by atoms with Crippen molar-refractivity contribution in [3.05, 3.63) is 45.1 Å². The maximum atomic E-state index is 6.24. The summed E-state index contributed by atoms with van der Waals surface area (Å²) in [5.41, 5.74) is 0. The third-order valence-electron chi connectivity index (χ3n) is 3.49. The number of nitrogens with one attached hydrogen (secondary N) is 1. The second-order valence-electron chi connectivity index (χ2n) is 5.01. The zero-order valence-electron chi connectivity index (χ0n) is 11.8. The van der Waals surface area contributed by atoms with Gasteiger partial charge in [0.2, 0.25) is 0 Å². The van der Waals surface area contributed by atoms with Crippen molar-refractivity contribution in [2.24, 2.45) is 0 Å². The summed E-state index contributed by atoms with van der Waals surface area (Å²) in [6, 6.07) is 10.9. The molecule has 1 aliphatic rings. The molecule has 0 saturated carbocycles. The molecule has 1 N–H and O–H groups in total. The predicted molar refractivity (Wildman–Crippen MR) is 94.8 cm³/mol. The van der Waals surface area contributed by atoms with Crippen LogP contribution in [0.1, 0.15) is 11.8 Å². The summed E-state index contributed by atoms with van der Waals surface area (Å²) >= 11 is 7.23. The molecule has 2 atom stereocenters. The van der Waals surface area contributed by atoms with Gasteiger partial charge in [0.15, 0.2) is 0 Å². The van der Waals surface area contributed by atoms with Gasteiger partial charge in [0.1, 0.15) is 11.9 Å². The van der Waals surface area contributed by atoms with Crippen LogP contribution in [-0.2, 0) is 6.42 Å². The molecule has 0 fully saturated rings. The van der Waals surface area contributed by atoms with Gasteiger partial charge in [0.25, 0.3) is 0 Å². The summed E-state index contributed by atoms with van der Waals surface area (Å²) in [4.78, 5) is 2.64. The van der Waals surface area contributed by atoms with Crippen molar-refractivity contribution >= 4 is 39.0 Å². The van der Waals surface area contributed by atoms with Gasteiger partial charge in [-0.1, -0.05) is 19.1 Å². The monoisotopic (exact) mass is 383 g/mol. The van der Waals surface area contributed by atoms with Gasteiger partial charge in [-0.05, 0) is 40.7 Å². The molecule has 0 spiro atoms. The summed E-state index contributed by atoms with van der Waals surface area (Å²) in [6.45, 7) is 3.12. The first-order valence-electron chi connectivity index (χ1n) is 7.11. The third kappa shape index (κ3) is 3.83. The minimum atomic E-state index is 0.214. The standard InChI is InChI=1S/C16H18BrNOS2/c1-2-18-13(8-12-7-11(17)9-20-12)15-10-21-16-6-4-3-5-14(16)19-15/h3-7,9,13,15,18H,2,8,10H2,1H3. The molecule has 1 aromatic carbocycles. The quantitative estimate of drug-likeness (QED) is 0.815. The van der Waals surface area contributed by atoms with Crippen LogP contribution in [0, 0.1) is 0 Å². The summed E-state index contributed by atoms with van der Waals surface area (Å²) < 4.78 is 7.40. The lowest BCUT2D eigenvalue weighted by Crippen LogP contribution is -2.46. The lowest BCUT2D eigenvalue weighted by Gasteiger charge is -2.32. The van der Waals surface area contributed by atoms with Gasteiger partial charge in [-0.3, -0.25) is 0 Å². The van der Waals surface area contributed by atoms with Gasteiger partial charge in [-0.25, -0.2) is 0 Å². The van der Waals surface area contributed by atoms with E-state index in [4.69, 9.17) is 4.74 Å². The fraction of sp³-hybridized carbons (Fsp3) is 0.375. The average Bonchev–Trinajstić information content (AvgIpc) is 2.91. The molecule has 112 valence electrons. The molecule has 1 aliphatic heterocycles. The van der Waals surface area contributed by atoms with Crippen molar-refractivity contribution in [3.8, 4) is 5.75 Å². The molecule has 0 radical (unpaired) electrons. The number of hydrogen-bond donors (Lipinski definition) is 1. The lowest BCUT2D eigenvalue weighted by molar-refractivity contribution is 0.166. The summed E-state index contributed by atoms with van der Waals surface area (Å²) in [5, 5.41) is 5.74. The van der Waals surface area contributed by atoms with Gasteiger partial charge in [-0.15, -0.1) is 23.1 Å². The largest absolute Gasteiger partial charge is 0.487 e. The highest BCUT2D eigenvalue weighted by Crippen LogP contribution is 2.36. The lowest BCUT2D eigenvalue weighted by atomic mass is 10.1. The van der Waals surface area contributed by atoms with Crippen LogP contribution in [-0.4, -0.2) is 24.4 Å². The number of fused-ring (bicyclic) bond motifs is 1. The van der Waals surface area contributed by atoms with Gasteiger partial charge >= 0.3 is 0 Å². The highest BCUT2D eigenvalue weighted by Gasteiger charge is 2.28. The van der Waals surface area contributed by atoms with E-state index in [1.165, 1.54) is 14.2 Å². The Morgan fingerprint density at radius 1 is 1.43 bits per heavy atom. The molecule has 0 aliphatic carbocycles. The Balaban J connectivity index is 1.72. The first-order valence-corrected chi connectivity index (χ1v) is 9.77. The van der Waals surface area contributed by atoms with Crippen LogP contribution in [0.3, 0.4) is 0 Å². The molecule has 3 rings (SSSR count). The van der Waals surface area contributed by atoms with Crippen molar-refractivity contribution in [1.29, 1.82) is 0 Å². The van der Waals surface area contributed by atoms with Crippen molar-refractivity contribution in [3.63, 3.8) is 0 Å². The smallest absolute Gasteiger partial charge is 0.133 e. The first kappa shape index (κ1) is 15.4. The Morgan fingerprint density at radius 2 is 2.29 bits per heavy atom. The zero-order valence-corrected chi connectivity index (χ0v) is 15.1. The van der Waals surface area contributed by atoms with Crippen molar-refractivity contribution in [2.75, 3.05) is 12.3 Å². The molecule has 0 saturated heterocycles. The zero-order chi connectivity index (χ0) is 14.7. The minimum Gasteiger partial charge on any atom is -0.487 e. The highest BCUT2D eigenvalue weighted by atomic mass is 79.9. The minimum absolute atomic E-state index is 0.214.